The first kappa shape index (κ1) is 41.9. The number of rotatable bonds is 4. The van der Waals surface area contributed by atoms with Crippen LogP contribution in [0.2, 0.25) is 0 Å². The van der Waals surface area contributed by atoms with Crippen molar-refractivity contribution in [2.24, 2.45) is 0 Å². The predicted octanol–water partition coefficient (Wildman–Crippen LogP) is 7.93. The van der Waals surface area contributed by atoms with Crippen LogP contribution in [0.1, 0.15) is 115 Å². The molecule has 2 atom stereocenters. The highest BCUT2D eigenvalue weighted by atomic mass is 32.2. The smallest absolute Gasteiger partial charge is 0.410 e. The summed E-state index contributed by atoms with van der Waals surface area (Å²) in [5, 5.41) is 2.90. The monoisotopic (exact) mass is 779 g/mol. The number of hydrogen-bond donors (Lipinski definition) is 2. The minimum atomic E-state index is -3.82. The van der Waals surface area contributed by atoms with E-state index < -0.39 is 37.8 Å². The molecular weight excluding hydrogens is 723 g/mol. The Kier molecular flexibility index (Phi) is 13.1. The maximum atomic E-state index is 14.2. The minimum Gasteiger partial charge on any atom is -0.491 e. The third-order valence-corrected chi connectivity index (χ3v) is 12.4. The van der Waals surface area contributed by atoms with Crippen LogP contribution in [-0.4, -0.2) is 77.8 Å². The number of ether oxygens (including phenoxy) is 4. The molecule has 6 rings (SSSR count). The SMILES string of the molecule is CN(Cc1cccc2c1OCCCCCCC(C)(OC1CCCCO1)CC(C)(C)S(=O)(=O)c1ccc(cc1)-c1cnc(N)c(n1)C(=O)N2)C(=O)OC(C)(C)C. The Morgan fingerprint density at radius 3 is 2.42 bits per heavy atom. The van der Waals surface area contributed by atoms with Crippen LogP contribution in [0.25, 0.3) is 11.3 Å². The Labute approximate surface area is 325 Å². The fourth-order valence-electron chi connectivity index (χ4n) is 7.08. The van der Waals surface area contributed by atoms with Crippen molar-refractivity contribution in [3.63, 3.8) is 0 Å². The number of anilines is 2. The van der Waals surface area contributed by atoms with Crippen LogP contribution in [0.5, 0.6) is 5.75 Å². The molecule has 3 aliphatic rings. The lowest BCUT2D eigenvalue weighted by molar-refractivity contribution is -0.225. The van der Waals surface area contributed by atoms with Gasteiger partial charge >= 0.3 is 6.09 Å². The lowest BCUT2D eigenvalue weighted by atomic mass is 9.88. The Bertz CT molecular complexity index is 1920. The van der Waals surface area contributed by atoms with Crippen molar-refractivity contribution < 1.29 is 37.0 Å². The van der Waals surface area contributed by atoms with Gasteiger partial charge in [-0.05, 0) is 98.3 Å². The molecule has 4 bridgehead atoms. The topological polar surface area (TPSA) is 172 Å². The van der Waals surface area contributed by atoms with Gasteiger partial charge < -0.3 is 34.9 Å². The number of nitrogen functional groups attached to an aromatic ring is 1. The molecule has 1 saturated heterocycles. The van der Waals surface area contributed by atoms with Crippen LogP contribution in [0.15, 0.2) is 53.6 Å². The third kappa shape index (κ3) is 10.7. The fourth-order valence-corrected chi connectivity index (χ4v) is 8.71. The minimum absolute atomic E-state index is 0.0798. The number of hydrogen-bond acceptors (Lipinski definition) is 11. The van der Waals surface area contributed by atoms with E-state index in [1.807, 2.05) is 13.0 Å². The van der Waals surface area contributed by atoms with Crippen LogP contribution in [0.3, 0.4) is 0 Å². The number of nitrogens with zero attached hydrogens (tertiary/aromatic N) is 3. The number of nitrogens with two attached hydrogens (primary N) is 1. The molecule has 2 aromatic carbocycles. The summed E-state index contributed by atoms with van der Waals surface area (Å²) >= 11 is 0. The molecule has 2 amide bonds. The quantitative estimate of drug-likeness (QED) is 0.263. The normalized spacial score (nSPS) is 22.2. The van der Waals surface area contributed by atoms with Crippen molar-refractivity contribution in [1.82, 2.24) is 14.9 Å². The van der Waals surface area contributed by atoms with Gasteiger partial charge in [0.2, 0.25) is 0 Å². The molecule has 3 aliphatic heterocycles. The van der Waals surface area contributed by atoms with Crippen LogP contribution in [0, 0.1) is 0 Å². The number of sulfone groups is 1. The first-order valence-corrected chi connectivity index (χ1v) is 20.6. The van der Waals surface area contributed by atoms with Crippen molar-refractivity contribution in [2.45, 2.75) is 133 Å². The molecule has 300 valence electrons. The fraction of sp³-hybridized carbons (Fsp3) is 0.561. The first-order chi connectivity index (χ1) is 25.9. The second-order valence-electron chi connectivity index (χ2n) is 16.4. The Morgan fingerprint density at radius 2 is 1.73 bits per heavy atom. The molecule has 2 unspecified atom stereocenters. The summed E-state index contributed by atoms with van der Waals surface area (Å²) in [5.41, 5.74) is 6.58. The second kappa shape index (κ2) is 17.3. The van der Waals surface area contributed by atoms with E-state index in [-0.39, 0.29) is 35.7 Å². The third-order valence-electron chi connectivity index (χ3n) is 9.86. The molecule has 0 aliphatic carbocycles. The Morgan fingerprint density at radius 1 is 1.02 bits per heavy atom. The summed E-state index contributed by atoms with van der Waals surface area (Å²) in [4.78, 5) is 37.1. The first-order valence-electron chi connectivity index (χ1n) is 19.1. The number of amides is 2. The molecule has 1 aromatic heterocycles. The van der Waals surface area contributed by atoms with E-state index in [2.05, 4.69) is 15.3 Å². The molecule has 0 saturated carbocycles. The van der Waals surface area contributed by atoms with Crippen molar-refractivity contribution in [2.75, 3.05) is 31.3 Å². The van der Waals surface area contributed by atoms with Gasteiger partial charge in [0, 0.05) is 24.8 Å². The van der Waals surface area contributed by atoms with Crippen molar-refractivity contribution in [3.05, 3.63) is 59.9 Å². The van der Waals surface area contributed by atoms with E-state index >= 15 is 0 Å². The van der Waals surface area contributed by atoms with Gasteiger partial charge in [-0.2, -0.15) is 0 Å². The number of carbonyl (C=O) groups excluding carboxylic acids is 2. The molecule has 0 radical (unpaired) electrons. The van der Waals surface area contributed by atoms with E-state index in [0.29, 0.717) is 54.3 Å². The molecule has 13 nitrogen and oxygen atoms in total. The van der Waals surface area contributed by atoms with E-state index in [9.17, 15) is 18.0 Å². The molecule has 1 fully saturated rings. The lowest BCUT2D eigenvalue weighted by Gasteiger charge is -2.40. The van der Waals surface area contributed by atoms with Crippen LogP contribution in [-0.2, 0) is 30.6 Å². The van der Waals surface area contributed by atoms with Crippen LogP contribution in [0.4, 0.5) is 16.3 Å². The largest absolute Gasteiger partial charge is 0.491 e. The molecule has 14 heteroatoms. The van der Waals surface area contributed by atoms with Gasteiger partial charge in [0.25, 0.3) is 5.91 Å². The van der Waals surface area contributed by atoms with Crippen LogP contribution < -0.4 is 15.8 Å². The van der Waals surface area contributed by atoms with Crippen molar-refractivity contribution in [3.8, 4) is 17.0 Å². The average molecular weight is 780 g/mol. The summed E-state index contributed by atoms with van der Waals surface area (Å²) in [7, 11) is -2.17. The summed E-state index contributed by atoms with van der Waals surface area (Å²) in [6.45, 7) is 12.1. The standard InChI is InChI=1S/C41H57N5O8S/c1-39(2,3)54-38(48)46(7)26-29-15-14-16-31-35(29)52-24-12-9-8-11-22-41(6,53-33-17-10-13-23-51-33)27-40(4,5)55(49,50)30-20-18-28(19-21-30)32-25-43-36(42)34(44-32)37(47)45-31/h14-16,18-21,25,33H,8-13,17,22-24,26-27H2,1-7H3,(H2,42,43)(H,45,47). The molecule has 3 aromatic rings. The van der Waals surface area contributed by atoms with Crippen LogP contribution >= 0.6 is 0 Å². The average Bonchev–Trinajstić information content (AvgIpc) is 3.11. The molecule has 3 N–H and O–H groups in total. The van der Waals surface area contributed by atoms with Gasteiger partial charge in [0.05, 0.1) is 46.0 Å². The van der Waals surface area contributed by atoms with Gasteiger partial charge in [0.1, 0.15) is 11.4 Å². The van der Waals surface area contributed by atoms with Gasteiger partial charge in [-0.25, -0.2) is 23.2 Å². The molecule has 55 heavy (non-hydrogen) atoms. The number of fused-ring (bicyclic) bond motifs is 13. The van der Waals surface area contributed by atoms with Crippen molar-refractivity contribution in [1.29, 1.82) is 0 Å². The second-order valence-corrected chi connectivity index (χ2v) is 19.0. The number of benzene rings is 2. The summed E-state index contributed by atoms with van der Waals surface area (Å²) in [5.74, 6) is -0.270. The molecule has 4 heterocycles. The highest BCUT2D eigenvalue weighted by molar-refractivity contribution is 7.92. The van der Waals surface area contributed by atoms with Gasteiger partial charge in [0.15, 0.2) is 27.6 Å². The highest BCUT2D eigenvalue weighted by Crippen LogP contribution is 2.39. The van der Waals surface area contributed by atoms with Gasteiger partial charge in [-0.15, -0.1) is 0 Å². The maximum Gasteiger partial charge on any atom is 0.410 e. The van der Waals surface area contributed by atoms with E-state index in [1.165, 1.54) is 11.1 Å². The maximum absolute atomic E-state index is 14.2. The summed E-state index contributed by atoms with van der Waals surface area (Å²) < 4.78 is 51.8. The van der Waals surface area contributed by atoms with Crippen molar-refractivity contribution >= 4 is 33.3 Å². The summed E-state index contributed by atoms with van der Waals surface area (Å²) in [6.07, 6.45) is 7.48. The van der Waals surface area contributed by atoms with E-state index in [0.717, 1.165) is 38.5 Å². The number of carbonyl (C=O) groups is 2. The zero-order valence-electron chi connectivity index (χ0n) is 33.3. The molecule has 0 spiro atoms. The summed E-state index contributed by atoms with van der Waals surface area (Å²) in [6, 6.07) is 11.7. The predicted molar refractivity (Wildman–Crippen MR) is 212 cm³/mol. The van der Waals surface area contributed by atoms with Gasteiger partial charge in [-0.1, -0.05) is 43.5 Å². The lowest BCUT2D eigenvalue weighted by Crippen LogP contribution is -2.45. The van der Waals surface area contributed by atoms with E-state index in [4.69, 9.17) is 24.7 Å². The zero-order chi connectivity index (χ0) is 40.0. The Hall–Kier alpha value is -4.27. The van der Waals surface area contributed by atoms with Gasteiger partial charge in [-0.3, -0.25) is 4.79 Å². The highest BCUT2D eigenvalue weighted by Gasteiger charge is 2.44. The number of nitrogens with one attached hydrogen (secondary N) is 1. The Balaban J connectivity index is 1.49. The molecular formula is C41H57N5O8S. The zero-order valence-corrected chi connectivity index (χ0v) is 34.1. The number of para-hydroxylation sites is 1. The van der Waals surface area contributed by atoms with E-state index in [1.54, 1.807) is 78.1 Å². The number of aromatic nitrogens is 2.